The molecule has 4 heteroatoms. The smallest absolute Gasteiger partial charge is 0.187 e. The zero-order valence-electron chi connectivity index (χ0n) is 4.80. The van der Waals surface area contributed by atoms with E-state index in [9.17, 15) is 4.91 Å². The van der Waals surface area contributed by atoms with Crippen LogP contribution in [0, 0.1) is 10.8 Å². The van der Waals surface area contributed by atoms with Crippen LogP contribution in [0.15, 0.2) is 5.34 Å². The summed E-state index contributed by atoms with van der Waals surface area (Å²) in [5.74, 6) is 0.271. The predicted octanol–water partition coefficient (Wildman–Crippen LogP) is 2.06. The van der Waals surface area contributed by atoms with Gasteiger partial charge in [-0.1, -0.05) is 13.8 Å². The Labute approximate surface area is 56.5 Å². The Morgan fingerprint density at radius 3 is 2.25 bits per heavy atom. The normalized spacial score (nSPS) is 13.5. The topological polar surface area (TPSA) is 38.7 Å². The Balaban J connectivity index is 3.30. The van der Waals surface area contributed by atoms with Crippen molar-refractivity contribution in [2.24, 2.45) is 11.3 Å². The molecule has 0 aromatic heterocycles. The second kappa shape index (κ2) is 3.83. The van der Waals surface area contributed by atoms with Crippen molar-refractivity contribution in [3.63, 3.8) is 0 Å². The summed E-state index contributed by atoms with van der Waals surface area (Å²) in [7, 11) is 0. The van der Waals surface area contributed by atoms with Crippen molar-refractivity contribution in [1.82, 2.24) is 0 Å². The highest BCUT2D eigenvalue weighted by Gasteiger charge is 2.08. The summed E-state index contributed by atoms with van der Waals surface area (Å²) >= 11 is 3.09. The molecule has 0 aliphatic rings. The molecule has 0 bridgehead atoms. The Morgan fingerprint density at radius 2 is 2.12 bits per heavy atom. The molecule has 0 aliphatic carbocycles. The van der Waals surface area contributed by atoms with Crippen molar-refractivity contribution in [2.75, 3.05) is 0 Å². The summed E-state index contributed by atoms with van der Waals surface area (Å²) in [6, 6.07) is 0. The third-order valence-corrected chi connectivity index (χ3v) is 1.89. The molecule has 0 rings (SSSR count). The molecule has 0 aromatic rings. The highest BCUT2D eigenvalue weighted by Crippen LogP contribution is 2.12. The Morgan fingerprint density at radius 1 is 1.62 bits per heavy atom. The highest BCUT2D eigenvalue weighted by atomic mass is 79.9. The SMILES string of the molecule is CC(C)C(Br)ON=O. The van der Waals surface area contributed by atoms with E-state index in [1.165, 1.54) is 0 Å². The van der Waals surface area contributed by atoms with Gasteiger partial charge in [0.05, 0.1) is 0 Å². The molecule has 0 saturated heterocycles. The highest BCUT2D eigenvalue weighted by molar-refractivity contribution is 9.09. The molecule has 0 aliphatic heterocycles. The summed E-state index contributed by atoms with van der Waals surface area (Å²) in [6.45, 7) is 3.84. The summed E-state index contributed by atoms with van der Waals surface area (Å²) in [5.41, 5.74) is 0. The molecule has 0 amide bonds. The van der Waals surface area contributed by atoms with Crippen LogP contribution in [0.3, 0.4) is 0 Å². The van der Waals surface area contributed by atoms with Gasteiger partial charge in [-0.15, -0.1) is 4.91 Å². The fraction of sp³-hybridized carbons (Fsp3) is 1.00. The van der Waals surface area contributed by atoms with Gasteiger partial charge in [0.2, 0.25) is 0 Å². The van der Waals surface area contributed by atoms with Gasteiger partial charge in [0.1, 0.15) is 0 Å². The van der Waals surface area contributed by atoms with E-state index < -0.39 is 0 Å². The van der Waals surface area contributed by atoms with Gasteiger partial charge in [0.15, 0.2) is 10.4 Å². The Kier molecular flexibility index (Phi) is 3.77. The maximum Gasteiger partial charge on any atom is 0.187 e. The Bertz CT molecular complexity index is 76.4. The van der Waals surface area contributed by atoms with Crippen molar-refractivity contribution < 1.29 is 4.84 Å². The minimum atomic E-state index is -0.250. The number of alkyl halides is 1. The van der Waals surface area contributed by atoms with Crippen LogP contribution in [0.25, 0.3) is 0 Å². The zero-order valence-corrected chi connectivity index (χ0v) is 6.38. The van der Waals surface area contributed by atoms with E-state index in [1.54, 1.807) is 0 Å². The lowest BCUT2D eigenvalue weighted by atomic mass is 10.2. The van der Waals surface area contributed by atoms with Gasteiger partial charge in [0, 0.05) is 5.92 Å². The molecule has 1 atom stereocenters. The van der Waals surface area contributed by atoms with Crippen LogP contribution in [0.2, 0.25) is 0 Å². The lowest BCUT2D eigenvalue weighted by Crippen LogP contribution is -2.07. The lowest BCUT2D eigenvalue weighted by molar-refractivity contribution is 0.0918. The third kappa shape index (κ3) is 2.96. The molecule has 48 valence electrons. The third-order valence-electron chi connectivity index (χ3n) is 0.668. The van der Waals surface area contributed by atoms with E-state index >= 15 is 0 Å². The molecule has 8 heavy (non-hydrogen) atoms. The number of rotatable bonds is 3. The zero-order chi connectivity index (χ0) is 6.57. The van der Waals surface area contributed by atoms with E-state index in [0.29, 0.717) is 0 Å². The average molecular weight is 182 g/mol. The largest absolute Gasteiger partial charge is 0.349 e. The first-order valence-electron chi connectivity index (χ1n) is 2.31. The van der Waals surface area contributed by atoms with E-state index in [-0.39, 0.29) is 10.9 Å². The molecular formula is C4H8BrNO2. The standard InChI is InChI=1S/C4H8BrNO2/c1-3(2)4(5)8-6-7/h3-4H,1-2H3. The molecule has 0 heterocycles. The van der Waals surface area contributed by atoms with Gasteiger partial charge in [0.25, 0.3) is 0 Å². The van der Waals surface area contributed by atoms with Crippen LogP contribution in [0.1, 0.15) is 13.8 Å². The number of hydrogen-bond donors (Lipinski definition) is 0. The van der Waals surface area contributed by atoms with Gasteiger partial charge in [-0.05, 0) is 15.9 Å². The number of hydrogen-bond acceptors (Lipinski definition) is 3. The van der Waals surface area contributed by atoms with E-state index in [2.05, 4.69) is 26.1 Å². The molecule has 0 N–H and O–H groups in total. The molecular weight excluding hydrogens is 174 g/mol. The van der Waals surface area contributed by atoms with Crippen molar-refractivity contribution in [2.45, 2.75) is 18.9 Å². The second-order valence-corrected chi connectivity index (χ2v) is 2.68. The predicted molar refractivity (Wildman–Crippen MR) is 34.4 cm³/mol. The lowest BCUT2D eigenvalue weighted by Gasteiger charge is -2.06. The molecule has 0 radical (unpaired) electrons. The summed E-state index contributed by atoms with van der Waals surface area (Å²) in [5, 5.41) is 2.01. The molecule has 0 saturated carbocycles. The number of nitrogens with zero attached hydrogens (tertiary/aromatic N) is 1. The first-order chi connectivity index (χ1) is 3.68. The second-order valence-electron chi connectivity index (χ2n) is 1.78. The summed E-state index contributed by atoms with van der Waals surface area (Å²) < 4.78 is 0. The van der Waals surface area contributed by atoms with Crippen LogP contribution in [0.5, 0.6) is 0 Å². The van der Waals surface area contributed by atoms with Crippen molar-refractivity contribution in [3.8, 4) is 0 Å². The summed E-state index contributed by atoms with van der Waals surface area (Å²) in [6.07, 6.45) is 0. The monoisotopic (exact) mass is 181 g/mol. The quantitative estimate of drug-likeness (QED) is 0.380. The fourth-order valence-electron chi connectivity index (χ4n) is 0.163. The molecule has 1 unspecified atom stereocenters. The number of halogens is 1. The maximum absolute atomic E-state index is 9.42. The van der Waals surface area contributed by atoms with Crippen LogP contribution < -0.4 is 0 Å². The summed E-state index contributed by atoms with van der Waals surface area (Å²) in [4.78, 5) is 13.7. The first-order valence-corrected chi connectivity index (χ1v) is 3.22. The molecule has 0 fully saturated rings. The van der Waals surface area contributed by atoms with Crippen LogP contribution in [-0.4, -0.2) is 5.01 Å². The molecule has 0 aromatic carbocycles. The first kappa shape index (κ1) is 7.88. The van der Waals surface area contributed by atoms with Crippen LogP contribution >= 0.6 is 15.9 Å². The fourth-order valence-corrected chi connectivity index (χ4v) is 0.231. The van der Waals surface area contributed by atoms with Gasteiger partial charge in [-0.25, -0.2) is 0 Å². The average Bonchev–Trinajstić information content (AvgIpc) is 1.67. The van der Waals surface area contributed by atoms with Gasteiger partial charge in [-0.3, -0.25) is 0 Å². The molecule has 3 nitrogen and oxygen atoms in total. The van der Waals surface area contributed by atoms with Gasteiger partial charge >= 0.3 is 0 Å². The molecule has 0 spiro atoms. The van der Waals surface area contributed by atoms with E-state index in [0.717, 1.165) is 0 Å². The van der Waals surface area contributed by atoms with Crippen molar-refractivity contribution in [3.05, 3.63) is 4.91 Å². The van der Waals surface area contributed by atoms with Crippen molar-refractivity contribution in [1.29, 1.82) is 0 Å². The minimum absolute atomic E-state index is 0.250. The van der Waals surface area contributed by atoms with Crippen LogP contribution in [0.4, 0.5) is 0 Å². The van der Waals surface area contributed by atoms with Gasteiger partial charge in [-0.2, -0.15) is 0 Å². The van der Waals surface area contributed by atoms with Crippen LogP contribution in [-0.2, 0) is 4.84 Å². The minimum Gasteiger partial charge on any atom is -0.349 e. The van der Waals surface area contributed by atoms with Gasteiger partial charge < -0.3 is 4.84 Å². The Hall–Kier alpha value is -0.120. The van der Waals surface area contributed by atoms with Crippen molar-refractivity contribution >= 4 is 15.9 Å². The van der Waals surface area contributed by atoms with E-state index in [1.807, 2.05) is 13.8 Å². The van der Waals surface area contributed by atoms with E-state index in [4.69, 9.17) is 0 Å². The maximum atomic E-state index is 9.42.